The van der Waals surface area contributed by atoms with Crippen LogP contribution in [0.15, 0.2) is 53.2 Å². The van der Waals surface area contributed by atoms with Crippen molar-refractivity contribution in [3.8, 4) is 22.9 Å². The summed E-state index contributed by atoms with van der Waals surface area (Å²) >= 11 is 0. The molecule has 24 heavy (non-hydrogen) atoms. The highest BCUT2D eigenvalue weighted by molar-refractivity contribution is 5.53. The molecule has 118 valence electrons. The zero-order valence-corrected chi connectivity index (χ0v) is 12.2. The van der Waals surface area contributed by atoms with Crippen LogP contribution in [0.3, 0.4) is 0 Å². The highest BCUT2D eigenvalue weighted by atomic mass is 19.1. The fourth-order valence-electron chi connectivity index (χ4n) is 2.09. The first kappa shape index (κ1) is 14.1. The van der Waals surface area contributed by atoms with Gasteiger partial charge in [0.1, 0.15) is 18.1 Å². The lowest BCUT2D eigenvalue weighted by molar-refractivity contribution is 0.356. The second kappa shape index (κ2) is 5.95. The number of hydrogen-bond acceptors (Lipinski definition) is 7. The quantitative estimate of drug-likeness (QED) is 0.566. The van der Waals surface area contributed by atoms with Crippen LogP contribution in [-0.2, 0) is 6.54 Å². The first-order chi connectivity index (χ1) is 11.8. The summed E-state index contributed by atoms with van der Waals surface area (Å²) in [4.78, 5) is 9.70. The van der Waals surface area contributed by atoms with Crippen molar-refractivity contribution in [2.75, 3.05) is 0 Å². The summed E-state index contributed by atoms with van der Waals surface area (Å²) in [7, 11) is 0. The molecule has 0 unspecified atom stereocenters. The van der Waals surface area contributed by atoms with Gasteiger partial charge in [0.15, 0.2) is 0 Å². The van der Waals surface area contributed by atoms with Gasteiger partial charge in [-0.15, -0.1) is 10.2 Å². The molecule has 0 radical (unpaired) electrons. The topological polar surface area (TPSA) is 95.4 Å². The van der Waals surface area contributed by atoms with Crippen LogP contribution >= 0.6 is 0 Å². The van der Waals surface area contributed by atoms with Gasteiger partial charge in [0, 0.05) is 11.8 Å². The molecule has 0 N–H and O–H groups in total. The van der Waals surface area contributed by atoms with Crippen molar-refractivity contribution in [1.82, 2.24) is 35.3 Å². The second-order valence-electron chi connectivity index (χ2n) is 4.88. The normalized spacial score (nSPS) is 10.9. The van der Waals surface area contributed by atoms with E-state index in [1.165, 1.54) is 16.9 Å². The van der Waals surface area contributed by atoms with E-state index in [2.05, 4.69) is 30.5 Å². The molecule has 0 spiro atoms. The number of nitrogens with zero attached hydrogens (tertiary/aromatic N) is 7. The molecule has 0 saturated heterocycles. The first-order valence-corrected chi connectivity index (χ1v) is 7.06. The Balaban J connectivity index is 1.54. The average molecular weight is 323 g/mol. The fraction of sp³-hybridized carbons (Fsp3) is 0.0667. The maximum Gasteiger partial charge on any atom is 0.250 e. The summed E-state index contributed by atoms with van der Waals surface area (Å²) in [5.41, 5.74) is 1.15. The summed E-state index contributed by atoms with van der Waals surface area (Å²) in [6, 6.07) is 11.4. The van der Waals surface area contributed by atoms with E-state index in [9.17, 15) is 4.39 Å². The van der Waals surface area contributed by atoms with Crippen molar-refractivity contribution in [1.29, 1.82) is 0 Å². The minimum atomic E-state index is -0.360. The molecule has 0 saturated carbocycles. The van der Waals surface area contributed by atoms with Crippen molar-refractivity contribution in [2.24, 2.45) is 0 Å². The number of benzene rings is 1. The Morgan fingerprint density at radius 2 is 2.04 bits per heavy atom. The number of hydrogen-bond donors (Lipinski definition) is 0. The van der Waals surface area contributed by atoms with Crippen LogP contribution in [0, 0.1) is 5.82 Å². The monoisotopic (exact) mass is 323 g/mol. The van der Waals surface area contributed by atoms with Crippen molar-refractivity contribution in [3.63, 3.8) is 0 Å². The molecular formula is C15H10FN7O. The Bertz CT molecular complexity index is 967. The number of tetrazole rings is 1. The van der Waals surface area contributed by atoms with Gasteiger partial charge in [0.25, 0.3) is 5.89 Å². The van der Waals surface area contributed by atoms with Gasteiger partial charge in [-0.2, -0.15) is 9.78 Å². The first-order valence-electron chi connectivity index (χ1n) is 7.06. The summed E-state index contributed by atoms with van der Waals surface area (Å²) in [5.74, 6) is 0.662. The van der Waals surface area contributed by atoms with E-state index in [1.807, 2.05) is 6.07 Å². The van der Waals surface area contributed by atoms with E-state index in [0.29, 0.717) is 28.8 Å². The van der Waals surface area contributed by atoms with Gasteiger partial charge >= 0.3 is 0 Å². The summed E-state index contributed by atoms with van der Waals surface area (Å²) < 4.78 is 18.4. The fourth-order valence-corrected chi connectivity index (χ4v) is 2.09. The molecule has 0 atom stereocenters. The van der Waals surface area contributed by atoms with E-state index < -0.39 is 0 Å². The van der Waals surface area contributed by atoms with Crippen LogP contribution in [0.2, 0.25) is 0 Å². The van der Waals surface area contributed by atoms with Gasteiger partial charge in [0.2, 0.25) is 11.6 Å². The summed E-state index contributed by atoms with van der Waals surface area (Å²) in [6.45, 7) is 0.155. The number of aromatic nitrogens is 7. The van der Waals surface area contributed by atoms with E-state index in [1.54, 1.807) is 30.5 Å². The molecule has 1 aromatic carbocycles. The molecule has 8 nitrogen and oxygen atoms in total. The lowest BCUT2D eigenvalue weighted by Gasteiger charge is -1.94. The molecule has 3 aromatic heterocycles. The van der Waals surface area contributed by atoms with Crippen LogP contribution in [0.1, 0.15) is 5.89 Å². The number of rotatable bonds is 4. The van der Waals surface area contributed by atoms with Crippen molar-refractivity contribution in [3.05, 3.63) is 60.4 Å². The number of pyridine rings is 1. The molecule has 0 aliphatic heterocycles. The predicted molar refractivity (Wildman–Crippen MR) is 79.8 cm³/mol. The molecule has 4 aromatic rings. The standard InChI is InChI=1S/C15H10FN7O/c16-11-5-3-4-10(8-11)14-19-22-23(20-14)9-13-18-15(21-24-13)12-6-1-2-7-17-12/h1-8H,9H2. The third-order valence-electron chi connectivity index (χ3n) is 3.17. The smallest absolute Gasteiger partial charge is 0.250 e. The minimum absolute atomic E-state index is 0.155. The molecule has 0 bridgehead atoms. The highest BCUT2D eigenvalue weighted by Gasteiger charge is 2.12. The second-order valence-corrected chi connectivity index (χ2v) is 4.88. The lowest BCUT2D eigenvalue weighted by atomic mass is 10.2. The lowest BCUT2D eigenvalue weighted by Crippen LogP contribution is -2.04. The van der Waals surface area contributed by atoms with E-state index >= 15 is 0 Å². The van der Waals surface area contributed by atoms with Gasteiger partial charge < -0.3 is 4.52 Å². The molecule has 0 aliphatic carbocycles. The van der Waals surface area contributed by atoms with E-state index in [4.69, 9.17) is 4.52 Å². The van der Waals surface area contributed by atoms with Crippen LogP contribution in [-0.4, -0.2) is 35.3 Å². The van der Waals surface area contributed by atoms with Gasteiger partial charge in [-0.25, -0.2) is 4.39 Å². The Hall–Kier alpha value is -3.49. The van der Waals surface area contributed by atoms with Crippen LogP contribution in [0.4, 0.5) is 4.39 Å². The predicted octanol–water partition coefficient (Wildman–Crippen LogP) is 1.97. The van der Waals surface area contributed by atoms with E-state index in [0.717, 1.165) is 0 Å². The SMILES string of the molecule is Fc1cccc(-c2nnn(Cc3nc(-c4ccccn4)no3)n2)c1. The highest BCUT2D eigenvalue weighted by Crippen LogP contribution is 2.15. The van der Waals surface area contributed by atoms with Crippen molar-refractivity contribution < 1.29 is 8.91 Å². The largest absolute Gasteiger partial charge is 0.337 e. The molecule has 0 fully saturated rings. The van der Waals surface area contributed by atoms with Crippen molar-refractivity contribution >= 4 is 0 Å². The summed E-state index contributed by atoms with van der Waals surface area (Å²) in [6.07, 6.45) is 1.65. The Morgan fingerprint density at radius 3 is 2.88 bits per heavy atom. The van der Waals surface area contributed by atoms with Crippen molar-refractivity contribution in [2.45, 2.75) is 6.54 Å². The molecule has 0 aliphatic rings. The zero-order valence-electron chi connectivity index (χ0n) is 12.2. The molecule has 9 heteroatoms. The zero-order chi connectivity index (χ0) is 16.4. The number of halogens is 1. The third-order valence-corrected chi connectivity index (χ3v) is 3.17. The van der Waals surface area contributed by atoms with Gasteiger partial charge in [-0.05, 0) is 29.5 Å². The average Bonchev–Trinajstić information content (AvgIpc) is 3.26. The van der Waals surface area contributed by atoms with Gasteiger partial charge in [-0.3, -0.25) is 4.98 Å². The maximum atomic E-state index is 13.2. The van der Waals surface area contributed by atoms with Gasteiger partial charge in [0.05, 0.1) is 0 Å². The van der Waals surface area contributed by atoms with Crippen LogP contribution in [0.25, 0.3) is 22.9 Å². The van der Waals surface area contributed by atoms with Crippen LogP contribution < -0.4 is 0 Å². The molecular weight excluding hydrogens is 313 g/mol. The molecule has 3 heterocycles. The van der Waals surface area contributed by atoms with Crippen LogP contribution in [0.5, 0.6) is 0 Å². The van der Waals surface area contributed by atoms with Gasteiger partial charge in [-0.1, -0.05) is 23.4 Å². The maximum absolute atomic E-state index is 13.2. The molecule has 4 rings (SSSR count). The minimum Gasteiger partial charge on any atom is -0.337 e. The Kier molecular flexibility index (Phi) is 3.50. The Morgan fingerprint density at radius 1 is 1.08 bits per heavy atom. The molecule has 0 amide bonds. The van der Waals surface area contributed by atoms with E-state index in [-0.39, 0.29) is 12.4 Å². The Labute approximate surface area is 135 Å². The third kappa shape index (κ3) is 2.86. The summed E-state index contributed by atoms with van der Waals surface area (Å²) in [5, 5.41) is 15.9.